The van der Waals surface area contributed by atoms with Gasteiger partial charge in [-0.3, -0.25) is 4.79 Å². The number of benzene rings is 2. The van der Waals surface area contributed by atoms with E-state index in [0.29, 0.717) is 11.4 Å². The highest BCUT2D eigenvalue weighted by Crippen LogP contribution is 2.24. The van der Waals surface area contributed by atoms with Gasteiger partial charge in [0.2, 0.25) is 0 Å². The lowest BCUT2D eigenvalue weighted by atomic mass is 9.87. The fourth-order valence-electron chi connectivity index (χ4n) is 2.66. The highest BCUT2D eigenvalue weighted by atomic mass is 19.1. The number of hydrogen-bond acceptors (Lipinski definition) is 4. The van der Waals surface area contributed by atoms with Crippen LogP contribution in [0, 0.1) is 5.82 Å². The topological polar surface area (TPSA) is 66.9 Å². The predicted octanol–water partition coefficient (Wildman–Crippen LogP) is 4.59. The molecule has 1 heterocycles. The van der Waals surface area contributed by atoms with E-state index in [1.807, 2.05) is 12.1 Å². The number of rotatable bonds is 5. The average Bonchev–Trinajstić information content (AvgIpc) is 2.67. The number of nitrogens with one attached hydrogen (secondary N) is 2. The van der Waals surface area contributed by atoms with Crippen LogP contribution in [0.1, 0.15) is 42.4 Å². The Kier molecular flexibility index (Phi) is 5.68. The molecule has 0 atom stereocenters. The summed E-state index contributed by atoms with van der Waals surface area (Å²) in [5, 5.41) is 5.84. The molecule has 6 heteroatoms. The maximum Gasteiger partial charge on any atom is 0.270 e. The minimum Gasteiger partial charge on any atom is -0.347 e. The fraction of sp³-hybridized carbons (Fsp3) is 0.227. The number of hydrogen-bond donors (Lipinski definition) is 2. The van der Waals surface area contributed by atoms with Crippen LogP contribution >= 0.6 is 0 Å². The van der Waals surface area contributed by atoms with E-state index in [2.05, 4.69) is 53.5 Å². The first-order valence-electron chi connectivity index (χ1n) is 9.04. The van der Waals surface area contributed by atoms with Crippen LogP contribution in [-0.4, -0.2) is 15.9 Å². The molecule has 0 aliphatic rings. The molecule has 0 bridgehead atoms. The Hall–Kier alpha value is -3.28. The molecule has 0 fully saturated rings. The van der Waals surface area contributed by atoms with Crippen LogP contribution in [0.15, 0.2) is 60.9 Å². The van der Waals surface area contributed by atoms with Gasteiger partial charge >= 0.3 is 0 Å². The maximum absolute atomic E-state index is 13.7. The largest absolute Gasteiger partial charge is 0.347 e. The SMILES string of the molecule is CC(C)(C)c1ccc(Nc2cc(C(=O)NCc3ccccc3F)ncn2)cc1. The van der Waals surface area contributed by atoms with E-state index in [4.69, 9.17) is 0 Å². The van der Waals surface area contributed by atoms with Crippen LogP contribution in [-0.2, 0) is 12.0 Å². The molecule has 28 heavy (non-hydrogen) atoms. The van der Waals surface area contributed by atoms with Crippen LogP contribution in [0.4, 0.5) is 15.9 Å². The summed E-state index contributed by atoms with van der Waals surface area (Å²) < 4.78 is 13.7. The van der Waals surface area contributed by atoms with E-state index in [1.165, 1.54) is 18.0 Å². The molecule has 0 aliphatic carbocycles. The van der Waals surface area contributed by atoms with Gasteiger partial charge < -0.3 is 10.6 Å². The minimum atomic E-state index is -0.392. The number of carbonyl (C=O) groups is 1. The summed E-state index contributed by atoms with van der Waals surface area (Å²) >= 11 is 0. The molecule has 0 aliphatic heterocycles. The molecule has 0 saturated carbocycles. The normalized spacial score (nSPS) is 11.1. The van der Waals surface area contributed by atoms with Gasteiger partial charge in [0.1, 0.15) is 23.7 Å². The number of carbonyl (C=O) groups excluding carboxylic acids is 1. The second-order valence-electron chi connectivity index (χ2n) is 7.51. The lowest BCUT2D eigenvalue weighted by Crippen LogP contribution is -2.24. The minimum absolute atomic E-state index is 0.0803. The van der Waals surface area contributed by atoms with E-state index >= 15 is 0 Å². The fourth-order valence-corrected chi connectivity index (χ4v) is 2.66. The van der Waals surface area contributed by atoms with Crippen LogP contribution in [0.3, 0.4) is 0 Å². The third-order valence-electron chi connectivity index (χ3n) is 4.32. The number of anilines is 2. The lowest BCUT2D eigenvalue weighted by Gasteiger charge is -2.19. The van der Waals surface area contributed by atoms with Gasteiger partial charge in [0.05, 0.1) is 0 Å². The first-order chi connectivity index (χ1) is 13.3. The summed E-state index contributed by atoms with van der Waals surface area (Å²) in [6, 6.07) is 16.0. The van der Waals surface area contributed by atoms with Crippen molar-refractivity contribution < 1.29 is 9.18 Å². The van der Waals surface area contributed by atoms with Crippen LogP contribution in [0.2, 0.25) is 0 Å². The zero-order valence-electron chi connectivity index (χ0n) is 16.2. The Balaban J connectivity index is 1.66. The van der Waals surface area contributed by atoms with Gasteiger partial charge in [0.15, 0.2) is 0 Å². The first kappa shape index (κ1) is 19.5. The predicted molar refractivity (Wildman–Crippen MR) is 108 cm³/mol. The molecule has 0 radical (unpaired) electrons. The van der Waals surface area contributed by atoms with Crippen molar-refractivity contribution in [3.63, 3.8) is 0 Å². The number of amides is 1. The molecule has 0 unspecified atom stereocenters. The molecule has 0 spiro atoms. The van der Waals surface area contributed by atoms with Crippen molar-refractivity contribution in [3.8, 4) is 0 Å². The highest BCUT2D eigenvalue weighted by Gasteiger charge is 2.13. The molecule has 144 valence electrons. The Morgan fingerprint density at radius 3 is 2.43 bits per heavy atom. The summed E-state index contributed by atoms with van der Waals surface area (Å²) in [7, 11) is 0. The molecule has 3 rings (SSSR count). The van der Waals surface area contributed by atoms with Gasteiger partial charge in [0, 0.05) is 23.9 Å². The summed E-state index contributed by atoms with van der Waals surface area (Å²) in [5.74, 6) is -0.238. The molecule has 3 aromatic rings. The third-order valence-corrected chi connectivity index (χ3v) is 4.32. The van der Waals surface area contributed by atoms with E-state index in [0.717, 1.165) is 5.69 Å². The molecule has 0 saturated heterocycles. The Bertz CT molecular complexity index is 965. The van der Waals surface area contributed by atoms with Crippen molar-refractivity contribution in [1.29, 1.82) is 0 Å². The molecule has 2 N–H and O–H groups in total. The van der Waals surface area contributed by atoms with Crippen molar-refractivity contribution >= 4 is 17.4 Å². The van der Waals surface area contributed by atoms with Crippen molar-refractivity contribution in [2.24, 2.45) is 0 Å². The number of nitrogens with zero attached hydrogens (tertiary/aromatic N) is 2. The maximum atomic E-state index is 13.7. The quantitative estimate of drug-likeness (QED) is 0.682. The zero-order valence-corrected chi connectivity index (χ0v) is 16.2. The summed E-state index contributed by atoms with van der Waals surface area (Å²) in [4.78, 5) is 20.5. The summed E-state index contributed by atoms with van der Waals surface area (Å²) in [6.45, 7) is 6.57. The van der Waals surface area contributed by atoms with Gasteiger partial charge in [-0.05, 0) is 29.2 Å². The van der Waals surface area contributed by atoms with Gasteiger partial charge in [-0.2, -0.15) is 0 Å². The lowest BCUT2D eigenvalue weighted by molar-refractivity contribution is 0.0945. The Morgan fingerprint density at radius 2 is 1.75 bits per heavy atom. The van der Waals surface area contributed by atoms with Gasteiger partial charge in [-0.25, -0.2) is 14.4 Å². The van der Waals surface area contributed by atoms with Crippen molar-refractivity contribution in [3.05, 3.63) is 83.6 Å². The molecular formula is C22H23FN4O. The number of aromatic nitrogens is 2. The second kappa shape index (κ2) is 8.17. The van der Waals surface area contributed by atoms with Crippen LogP contribution in [0.25, 0.3) is 0 Å². The number of halogens is 1. The molecule has 1 aromatic heterocycles. The van der Waals surface area contributed by atoms with Gasteiger partial charge in [-0.15, -0.1) is 0 Å². The molecule has 1 amide bonds. The summed E-state index contributed by atoms with van der Waals surface area (Å²) in [6.07, 6.45) is 1.32. The van der Waals surface area contributed by atoms with Crippen molar-refractivity contribution in [2.75, 3.05) is 5.32 Å². The second-order valence-corrected chi connectivity index (χ2v) is 7.51. The van der Waals surface area contributed by atoms with E-state index in [1.54, 1.807) is 24.3 Å². The van der Waals surface area contributed by atoms with E-state index in [-0.39, 0.29) is 23.5 Å². The van der Waals surface area contributed by atoms with Crippen LogP contribution < -0.4 is 10.6 Å². The van der Waals surface area contributed by atoms with E-state index < -0.39 is 5.91 Å². The Labute approximate surface area is 164 Å². The third kappa shape index (κ3) is 4.91. The average molecular weight is 378 g/mol. The van der Waals surface area contributed by atoms with Crippen LogP contribution in [0.5, 0.6) is 0 Å². The highest BCUT2D eigenvalue weighted by molar-refractivity contribution is 5.92. The van der Waals surface area contributed by atoms with Crippen molar-refractivity contribution in [2.45, 2.75) is 32.7 Å². The van der Waals surface area contributed by atoms with E-state index in [9.17, 15) is 9.18 Å². The standard InChI is InChI=1S/C22H23FN4O/c1-22(2,3)16-8-10-17(11-9-16)27-20-12-19(25-14-26-20)21(28)24-13-15-6-4-5-7-18(15)23/h4-12,14H,13H2,1-3H3,(H,24,28)(H,25,26,27). The van der Waals surface area contributed by atoms with Gasteiger partial charge in [0.25, 0.3) is 5.91 Å². The molecule has 2 aromatic carbocycles. The molecular weight excluding hydrogens is 355 g/mol. The zero-order chi connectivity index (χ0) is 20.1. The van der Waals surface area contributed by atoms with Gasteiger partial charge in [-0.1, -0.05) is 51.1 Å². The first-order valence-corrected chi connectivity index (χ1v) is 9.04. The smallest absolute Gasteiger partial charge is 0.270 e. The molecule has 5 nitrogen and oxygen atoms in total. The monoisotopic (exact) mass is 378 g/mol. The van der Waals surface area contributed by atoms with Crippen molar-refractivity contribution in [1.82, 2.24) is 15.3 Å². The summed E-state index contributed by atoms with van der Waals surface area (Å²) in [5.41, 5.74) is 2.80. The Morgan fingerprint density at radius 1 is 1.04 bits per heavy atom.